The summed E-state index contributed by atoms with van der Waals surface area (Å²) in [5.74, 6) is 0.814. The van der Waals surface area contributed by atoms with Crippen molar-refractivity contribution in [3.8, 4) is 11.5 Å². The first kappa shape index (κ1) is 14.6. The fourth-order valence-corrected chi connectivity index (χ4v) is 2.22. The highest BCUT2D eigenvalue weighted by molar-refractivity contribution is 9.10. The van der Waals surface area contributed by atoms with E-state index in [-0.39, 0.29) is 5.75 Å². The predicted molar refractivity (Wildman–Crippen MR) is 85.5 cm³/mol. The summed E-state index contributed by atoms with van der Waals surface area (Å²) in [5, 5.41) is 10.0. The molecule has 0 radical (unpaired) electrons. The highest BCUT2D eigenvalue weighted by Crippen LogP contribution is 2.32. The van der Waals surface area contributed by atoms with Crippen LogP contribution >= 0.6 is 15.9 Å². The number of aliphatic imine (C=N–C) groups is 1. The second-order valence-electron chi connectivity index (χ2n) is 4.57. The summed E-state index contributed by atoms with van der Waals surface area (Å²) in [6.45, 7) is 4.11. The molecule has 0 aliphatic rings. The number of aryl methyl sites for hydroxylation is 2. The molecule has 3 nitrogen and oxygen atoms in total. The molecule has 0 heterocycles. The van der Waals surface area contributed by atoms with Gasteiger partial charge < -0.3 is 9.84 Å². The van der Waals surface area contributed by atoms with E-state index in [1.807, 2.05) is 25.1 Å². The summed E-state index contributed by atoms with van der Waals surface area (Å²) in [6, 6.07) is 9.44. The largest absolute Gasteiger partial charge is 0.506 e. The van der Waals surface area contributed by atoms with Gasteiger partial charge in [-0.05, 0) is 65.2 Å². The molecular formula is C16H16BrNO2. The van der Waals surface area contributed by atoms with Crippen molar-refractivity contribution < 1.29 is 9.84 Å². The smallest absolute Gasteiger partial charge is 0.138 e. The molecule has 1 N–H and O–H groups in total. The number of hydrogen-bond donors (Lipinski definition) is 1. The lowest BCUT2D eigenvalue weighted by molar-refractivity contribution is 0.411. The number of rotatable bonds is 3. The van der Waals surface area contributed by atoms with E-state index in [1.165, 1.54) is 11.1 Å². The van der Waals surface area contributed by atoms with Gasteiger partial charge in [-0.25, -0.2) is 0 Å². The number of ether oxygens (including phenoxy) is 1. The van der Waals surface area contributed by atoms with Crippen molar-refractivity contribution in [1.29, 1.82) is 0 Å². The summed E-state index contributed by atoms with van der Waals surface area (Å²) in [6.07, 6.45) is 1.63. The van der Waals surface area contributed by atoms with Crippen LogP contribution in [0.4, 0.5) is 5.69 Å². The number of hydrogen-bond acceptors (Lipinski definition) is 3. The molecular weight excluding hydrogens is 318 g/mol. The minimum atomic E-state index is 0.151. The van der Waals surface area contributed by atoms with Crippen molar-refractivity contribution in [3.05, 3.63) is 51.5 Å². The molecule has 0 amide bonds. The Morgan fingerprint density at radius 1 is 1.15 bits per heavy atom. The normalized spacial score (nSPS) is 11.0. The molecule has 2 aromatic rings. The Balaban J connectivity index is 2.35. The third-order valence-corrected chi connectivity index (χ3v) is 3.75. The van der Waals surface area contributed by atoms with E-state index in [9.17, 15) is 5.11 Å². The van der Waals surface area contributed by atoms with Gasteiger partial charge in [-0.3, -0.25) is 4.99 Å². The number of methoxy groups -OCH3 is 1. The Kier molecular flexibility index (Phi) is 4.45. The van der Waals surface area contributed by atoms with Gasteiger partial charge >= 0.3 is 0 Å². The van der Waals surface area contributed by atoms with Crippen molar-refractivity contribution in [2.75, 3.05) is 7.11 Å². The van der Waals surface area contributed by atoms with Crippen LogP contribution in [0.2, 0.25) is 0 Å². The minimum absolute atomic E-state index is 0.151. The highest BCUT2D eigenvalue weighted by Gasteiger charge is 2.07. The van der Waals surface area contributed by atoms with Crippen LogP contribution in [-0.4, -0.2) is 18.4 Å². The lowest BCUT2D eigenvalue weighted by atomic mass is 10.1. The molecule has 20 heavy (non-hydrogen) atoms. The van der Waals surface area contributed by atoms with Crippen LogP contribution in [0.1, 0.15) is 16.7 Å². The fourth-order valence-electron chi connectivity index (χ4n) is 1.76. The van der Waals surface area contributed by atoms with Gasteiger partial charge in [0, 0.05) is 11.8 Å². The summed E-state index contributed by atoms with van der Waals surface area (Å²) in [7, 11) is 1.59. The molecule has 104 valence electrons. The zero-order valence-electron chi connectivity index (χ0n) is 11.6. The van der Waals surface area contributed by atoms with Gasteiger partial charge in [0.25, 0.3) is 0 Å². The van der Waals surface area contributed by atoms with Crippen LogP contribution in [0.15, 0.2) is 39.8 Å². The standard InChI is InChI=1S/C16H16BrNO2/c1-10-4-5-13(6-11(10)2)18-9-12-7-14(20-3)8-15(17)16(12)19/h4-9,19H,1-3H3/b18-9+. The second-order valence-corrected chi connectivity index (χ2v) is 5.43. The van der Waals surface area contributed by atoms with Gasteiger partial charge in [0.15, 0.2) is 0 Å². The maximum absolute atomic E-state index is 10.0. The molecule has 0 fully saturated rings. The summed E-state index contributed by atoms with van der Waals surface area (Å²) >= 11 is 3.29. The molecule has 0 saturated heterocycles. The van der Waals surface area contributed by atoms with Gasteiger partial charge in [-0.2, -0.15) is 0 Å². The summed E-state index contributed by atoms with van der Waals surface area (Å²) < 4.78 is 5.76. The van der Waals surface area contributed by atoms with Crippen molar-refractivity contribution >= 4 is 27.8 Å². The Labute approximate surface area is 127 Å². The molecule has 0 atom stereocenters. The molecule has 0 saturated carbocycles. The number of phenols is 1. The maximum Gasteiger partial charge on any atom is 0.138 e. The van der Waals surface area contributed by atoms with Crippen LogP contribution in [0.3, 0.4) is 0 Å². The van der Waals surface area contributed by atoms with Gasteiger partial charge in [-0.15, -0.1) is 0 Å². The third-order valence-electron chi connectivity index (χ3n) is 3.15. The zero-order chi connectivity index (χ0) is 14.7. The Morgan fingerprint density at radius 2 is 1.90 bits per heavy atom. The van der Waals surface area contributed by atoms with Crippen molar-refractivity contribution in [1.82, 2.24) is 0 Å². The highest BCUT2D eigenvalue weighted by atomic mass is 79.9. The molecule has 2 aromatic carbocycles. The average molecular weight is 334 g/mol. The van der Waals surface area contributed by atoms with Crippen LogP contribution in [0.5, 0.6) is 11.5 Å². The maximum atomic E-state index is 10.0. The second kappa shape index (κ2) is 6.09. The van der Waals surface area contributed by atoms with E-state index in [0.717, 1.165) is 5.69 Å². The Bertz CT molecular complexity index is 666. The van der Waals surface area contributed by atoms with Gasteiger partial charge in [0.1, 0.15) is 11.5 Å². The van der Waals surface area contributed by atoms with E-state index in [0.29, 0.717) is 15.8 Å². The van der Waals surface area contributed by atoms with Crippen LogP contribution in [0, 0.1) is 13.8 Å². The topological polar surface area (TPSA) is 41.8 Å². The molecule has 0 aromatic heterocycles. The van der Waals surface area contributed by atoms with E-state index in [2.05, 4.69) is 27.8 Å². The zero-order valence-corrected chi connectivity index (χ0v) is 13.2. The Morgan fingerprint density at radius 3 is 2.55 bits per heavy atom. The van der Waals surface area contributed by atoms with Crippen molar-refractivity contribution in [2.24, 2.45) is 4.99 Å². The van der Waals surface area contributed by atoms with Gasteiger partial charge in [0.05, 0.1) is 17.3 Å². The van der Waals surface area contributed by atoms with E-state index < -0.39 is 0 Å². The lowest BCUT2D eigenvalue weighted by Crippen LogP contribution is -1.88. The number of benzene rings is 2. The predicted octanol–water partition coefficient (Wildman–Crippen LogP) is 4.53. The van der Waals surface area contributed by atoms with Crippen molar-refractivity contribution in [2.45, 2.75) is 13.8 Å². The molecule has 0 aliphatic carbocycles. The fraction of sp³-hybridized carbons (Fsp3) is 0.188. The minimum Gasteiger partial charge on any atom is -0.506 e. The first-order chi connectivity index (χ1) is 9.51. The Hall–Kier alpha value is -1.81. The molecule has 2 rings (SSSR count). The average Bonchev–Trinajstić information content (AvgIpc) is 2.44. The lowest BCUT2D eigenvalue weighted by Gasteiger charge is -2.06. The van der Waals surface area contributed by atoms with Crippen molar-refractivity contribution in [3.63, 3.8) is 0 Å². The van der Waals surface area contributed by atoms with Crippen LogP contribution in [0.25, 0.3) is 0 Å². The summed E-state index contributed by atoms with van der Waals surface area (Å²) in [4.78, 5) is 4.39. The molecule has 0 aliphatic heterocycles. The first-order valence-corrected chi connectivity index (χ1v) is 6.98. The molecule has 4 heteroatoms. The molecule has 0 spiro atoms. The first-order valence-electron chi connectivity index (χ1n) is 6.19. The number of phenolic OH excluding ortho intramolecular Hbond substituents is 1. The van der Waals surface area contributed by atoms with E-state index in [1.54, 1.807) is 25.5 Å². The quantitative estimate of drug-likeness (QED) is 0.838. The monoisotopic (exact) mass is 333 g/mol. The van der Waals surface area contributed by atoms with Crippen LogP contribution in [-0.2, 0) is 0 Å². The SMILES string of the molecule is COc1cc(Br)c(O)c(/C=N/c2ccc(C)c(C)c2)c1. The van der Waals surface area contributed by atoms with Gasteiger partial charge in [0.2, 0.25) is 0 Å². The molecule has 0 unspecified atom stereocenters. The van der Waals surface area contributed by atoms with Gasteiger partial charge in [-0.1, -0.05) is 6.07 Å². The number of nitrogens with zero attached hydrogens (tertiary/aromatic N) is 1. The number of aromatic hydroxyl groups is 1. The number of halogens is 1. The van der Waals surface area contributed by atoms with E-state index >= 15 is 0 Å². The van der Waals surface area contributed by atoms with E-state index in [4.69, 9.17) is 4.74 Å². The molecule has 0 bridgehead atoms. The third kappa shape index (κ3) is 3.20. The van der Waals surface area contributed by atoms with Crippen LogP contribution < -0.4 is 4.74 Å². The summed E-state index contributed by atoms with van der Waals surface area (Å²) in [5.41, 5.74) is 3.88.